The van der Waals surface area contributed by atoms with Gasteiger partial charge in [0.05, 0.1) is 18.8 Å². The predicted molar refractivity (Wildman–Crippen MR) is 42.3 cm³/mol. The van der Waals surface area contributed by atoms with Crippen LogP contribution in [0, 0.1) is 11.8 Å². The molecule has 5 atom stereocenters. The molecular weight excluding hydrogens is 160 g/mol. The van der Waals surface area contributed by atoms with Crippen molar-refractivity contribution in [1.29, 1.82) is 0 Å². The van der Waals surface area contributed by atoms with E-state index in [0.717, 1.165) is 0 Å². The number of hydrogen-bond acceptors (Lipinski definition) is 4. The summed E-state index contributed by atoms with van der Waals surface area (Å²) in [5.41, 5.74) is 0. The van der Waals surface area contributed by atoms with Gasteiger partial charge in [-0.2, -0.15) is 0 Å². The van der Waals surface area contributed by atoms with E-state index in [9.17, 15) is 10.2 Å². The Balaban J connectivity index is 2.72. The average molecular weight is 178 g/mol. The molecule has 1 rings (SSSR count). The highest BCUT2D eigenvalue weighted by atomic mass is 16.6. The second kappa shape index (κ2) is 3.70. The molecule has 0 spiro atoms. The van der Waals surface area contributed by atoms with Gasteiger partial charge in [-0.05, 0) is 0 Å². The smallest absolute Gasteiger partial charge is 0.160 e. The second-order valence-corrected chi connectivity index (χ2v) is 3.07. The van der Waals surface area contributed by atoms with Gasteiger partial charge in [-0.1, -0.05) is 13.8 Å². The predicted octanol–water partition coefficient (Wildman–Crippen LogP) is -0.671. The molecule has 0 aromatic heterocycles. The van der Waals surface area contributed by atoms with Crippen LogP contribution < -0.4 is 0 Å². The standard InChI is InChI=1S/C8H16O4/c1-4-6(3-9)12-8(11)5(2)7(4)10/h4-11H,3H2,1-2H3/t4-,5-,6-,7+,8?/m1/s1/i1D,2D. The molecule has 1 unspecified atom stereocenters. The third kappa shape index (κ3) is 1.61. The molecular formula is C8H16O4. The molecule has 1 saturated heterocycles. The Labute approximate surface area is 74.6 Å². The third-order valence-corrected chi connectivity index (χ3v) is 2.22. The van der Waals surface area contributed by atoms with Crippen LogP contribution in [0.5, 0.6) is 0 Å². The average Bonchev–Trinajstić information content (AvgIpc) is 2.17. The highest BCUT2D eigenvalue weighted by Crippen LogP contribution is 2.28. The fraction of sp³-hybridized carbons (Fsp3) is 1.00. The first-order chi connectivity index (χ1) is 6.65. The molecule has 1 aliphatic heterocycles. The molecule has 0 aliphatic carbocycles. The van der Waals surface area contributed by atoms with E-state index in [1.807, 2.05) is 0 Å². The number of ether oxygens (including phenoxy) is 1. The molecule has 72 valence electrons. The van der Waals surface area contributed by atoms with Crippen molar-refractivity contribution >= 4 is 0 Å². The van der Waals surface area contributed by atoms with Gasteiger partial charge in [0, 0.05) is 14.6 Å². The molecule has 0 aromatic carbocycles. The Morgan fingerprint density at radius 3 is 2.50 bits per heavy atom. The number of aliphatic hydroxyl groups excluding tert-OH is 3. The highest BCUT2D eigenvalue weighted by Gasteiger charge is 2.39. The first kappa shape index (κ1) is 7.26. The van der Waals surface area contributed by atoms with Gasteiger partial charge in [0.15, 0.2) is 6.29 Å². The summed E-state index contributed by atoms with van der Waals surface area (Å²) in [6.07, 6.45) is -2.88. The lowest BCUT2D eigenvalue weighted by Gasteiger charge is -2.39. The van der Waals surface area contributed by atoms with Crippen molar-refractivity contribution in [1.82, 2.24) is 0 Å². The van der Waals surface area contributed by atoms with Gasteiger partial charge in [0.1, 0.15) is 0 Å². The summed E-state index contributed by atoms with van der Waals surface area (Å²) in [5, 5.41) is 28.0. The normalized spacial score (nSPS) is 51.4. The van der Waals surface area contributed by atoms with E-state index in [1.54, 1.807) is 0 Å². The summed E-state index contributed by atoms with van der Waals surface area (Å²) in [6, 6.07) is 0. The third-order valence-electron chi connectivity index (χ3n) is 2.22. The van der Waals surface area contributed by atoms with Crippen molar-refractivity contribution in [3.63, 3.8) is 0 Å². The van der Waals surface area contributed by atoms with E-state index in [4.69, 9.17) is 12.6 Å². The lowest BCUT2D eigenvalue weighted by molar-refractivity contribution is -0.248. The Morgan fingerprint density at radius 2 is 2.00 bits per heavy atom. The maximum atomic E-state index is 9.71. The Kier molecular flexibility index (Phi) is 2.24. The van der Waals surface area contributed by atoms with Gasteiger partial charge in [-0.25, -0.2) is 0 Å². The van der Waals surface area contributed by atoms with Crippen molar-refractivity contribution in [2.75, 3.05) is 6.61 Å². The molecule has 0 bridgehead atoms. The summed E-state index contributed by atoms with van der Waals surface area (Å²) in [4.78, 5) is 0. The molecule has 3 N–H and O–H groups in total. The van der Waals surface area contributed by atoms with Gasteiger partial charge in [0.2, 0.25) is 0 Å². The van der Waals surface area contributed by atoms with Crippen LogP contribution in [-0.4, -0.2) is 40.4 Å². The highest BCUT2D eigenvalue weighted by molar-refractivity contribution is 4.83. The minimum Gasteiger partial charge on any atom is -0.394 e. The Bertz CT molecular complexity index is 181. The van der Waals surface area contributed by atoms with Crippen LogP contribution in [0.3, 0.4) is 0 Å². The van der Waals surface area contributed by atoms with Crippen LogP contribution in [0.4, 0.5) is 0 Å². The maximum Gasteiger partial charge on any atom is 0.160 e. The second-order valence-electron chi connectivity index (χ2n) is 3.07. The zero-order valence-electron chi connectivity index (χ0n) is 8.76. The van der Waals surface area contributed by atoms with Crippen molar-refractivity contribution in [3.8, 4) is 0 Å². The first-order valence-corrected chi connectivity index (χ1v) is 3.86. The lowest BCUT2D eigenvalue weighted by atomic mass is 9.86. The van der Waals surface area contributed by atoms with Gasteiger partial charge in [-0.15, -0.1) is 0 Å². The topological polar surface area (TPSA) is 69.9 Å². The van der Waals surface area contributed by atoms with Crippen LogP contribution in [0.15, 0.2) is 0 Å². The first-order valence-electron chi connectivity index (χ1n) is 5.28. The minimum absolute atomic E-state index is 0.0877. The molecule has 1 heterocycles. The van der Waals surface area contributed by atoms with Crippen molar-refractivity contribution in [3.05, 3.63) is 0 Å². The van der Waals surface area contributed by atoms with E-state index in [0.29, 0.717) is 0 Å². The fourth-order valence-corrected chi connectivity index (χ4v) is 1.27. The summed E-state index contributed by atoms with van der Waals surface area (Å²) < 4.78 is 19.3. The van der Waals surface area contributed by atoms with Gasteiger partial charge in [-0.3, -0.25) is 0 Å². The molecule has 0 amide bonds. The summed E-state index contributed by atoms with van der Waals surface area (Å²) >= 11 is 0. The zero-order chi connectivity index (χ0) is 10.7. The van der Waals surface area contributed by atoms with Crippen LogP contribution in [0.25, 0.3) is 0 Å². The molecule has 0 aromatic rings. The van der Waals surface area contributed by atoms with E-state index < -0.39 is 30.3 Å². The van der Waals surface area contributed by atoms with Gasteiger partial charge in [0.25, 0.3) is 0 Å². The molecule has 1 fully saturated rings. The summed E-state index contributed by atoms with van der Waals surface area (Å²) in [5.74, 6) is -1.22. The summed E-state index contributed by atoms with van der Waals surface area (Å²) in [6.45, 7) is -0.574. The van der Waals surface area contributed by atoms with Crippen LogP contribution in [0.2, 0.25) is 0 Å². The van der Waals surface area contributed by atoms with E-state index in [2.05, 4.69) is 0 Å². The molecule has 1 aliphatic rings. The van der Waals surface area contributed by atoms with Gasteiger partial charge < -0.3 is 20.1 Å². The lowest BCUT2D eigenvalue weighted by Crippen LogP contribution is -2.50. The monoisotopic (exact) mass is 178 g/mol. The van der Waals surface area contributed by atoms with Crippen molar-refractivity contribution in [2.45, 2.75) is 32.3 Å². The summed E-state index contributed by atoms with van der Waals surface area (Å²) in [7, 11) is 0. The quantitative estimate of drug-likeness (QED) is 0.498. The van der Waals surface area contributed by atoms with E-state index in [1.165, 1.54) is 0 Å². The van der Waals surface area contributed by atoms with Crippen LogP contribution >= 0.6 is 0 Å². The molecule has 4 heteroatoms. The number of hydrogen-bond donors (Lipinski definition) is 3. The SMILES string of the molecule is [2H]C[C@H]1[C@H](O)[C@@H](C[2H])C(O)O[C@@H]1CO. The molecule has 12 heavy (non-hydrogen) atoms. The largest absolute Gasteiger partial charge is 0.394 e. The molecule has 0 saturated carbocycles. The maximum absolute atomic E-state index is 9.71. The van der Waals surface area contributed by atoms with Crippen molar-refractivity contribution < 1.29 is 22.8 Å². The minimum atomic E-state index is -1.22. The van der Waals surface area contributed by atoms with Gasteiger partial charge >= 0.3 is 0 Å². The van der Waals surface area contributed by atoms with E-state index in [-0.39, 0.29) is 20.4 Å². The zero-order valence-corrected chi connectivity index (χ0v) is 6.76. The van der Waals surface area contributed by atoms with Crippen LogP contribution in [-0.2, 0) is 4.74 Å². The molecule has 0 radical (unpaired) electrons. The number of aliphatic hydroxyl groups is 3. The fourth-order valence-electron chi connectivity index (χ4n) is 1.27. The Morgan fingerprint density at radius 1 is 1.33 bits per heavy atom. The Hall–Kier alpha value is -0.160. The van der Waals surface area contributed by atoms with E-state index >= 15 is 0 Å². The molecule has 4 nitrogen and oxygen atoms in total. The number of rotatable bonds is 1. The van der Waals surface area contributed by atoms with Crippen LogP contribution in [0.1, 0.15) is 16.5 Å². The van der Waals surface area contributed by atoms with Crippen molar-refractivity contribution in [2.24, 2.45) is 11.8 Å².